The van der Waals surface area contributed by atoms with Gasteiger partial charge in [0.1, 0.15) is 5.75 Å². The van der Waals surface area contributed by atoms with Crippen LogP contribution in [-0.2, 0) is 4.79 Å². The van der Waals surface area contributed by atoms with Crippen LogP contribution in [-0.4, -0.2) is 21.9 Å². The molecule has 0 aliphatic carbocycles. The third-order valence-corrected chi connectivity index (χ3v) is 2.75. The number of carbonyl (C=O) groups is 1. The first-order chi connectivity index (χ1) is 6.59. The smallest absolute Gasteiger partial charge is 0.304 e. The summed E-state index contributed by atoms with van der Waals surface area (Å²) in [5.41, 5.74) is 0.810. The van der Waals surface area contributed by atoms with Gasteiger partial charge in [-0.25, -0.2) is 0 Å². The normalized spacial score (nSPS) is 10.1. The lowest BCUT2D eigenvalue weighted by atomic mass is 10.2. The quantitative estimate of drug-likeness (QED) is 0.752. The average Bonchev–Trinajstić information content (AvgIpc) is 2.10. The molecule has 0 atom stereocenters. The van der Waals surface area contributed by atoms with Crippen molar-refractivity contribution in [1.82, 2.24) is 0 Å². The topological polar surface area (TPSA) is 57.5 Å². The molecule has 14 heavy (non-hydrogen) atoms. The second-order valence-corrected chi connectivity index (χ2v) is 4.11. The van der Waals surface area contributed by atoms with Gasteiger partial charge in [-0.05, 0) is 30.7 Å². The van der Waals surface area contributed by atoms with Crippen LogP contribution in [0.3, 0.4) is 0 Å². The Morgan fingerprint density at radius 3 is 2.79 bits per heavy atom. The van der Waals surface area contributed by atoms with Crippen LogP contribution in [0.1, 0.15) is 12.0 Å². The number of rotatable bonds is 4. The highest BCUT2D eigenvalue weighted by atomic mass is 32.2. The van der Waals surface area contributed by atoms with Gasteiger partial charge in [0.05, 0.1) is 6.42 Å². The fourth-order valence-corrected chi connectivity index (χ4v) is 1.91. The molecule has 1 rings (SSSR count). The lowest BCUT2D eigenvalue weighted by molar-refractivity contribution is -0.136. The zero-order valence-corrected chi connectivity index (χ0v) is 8.67. The second kappa shape index (κ2) is 4.91. The van der Waals surface area contributed by atoms with E-state index in [2.05, 4.69) is 0 Å². The number of aromatic hydroxyl groups is 1. The SMILES string of the molecule is Cc1cc(SCCC(=O)O)ccc1O. The van der Waals surface area contributed by atoms with E-state index in [0.717, 1.165) is 10.5 Å². The van der Waals surface area contributed by atoms with Crippen molar-refractivity contribution in [3.63, 3.8) is 0 Å². The molecule has 0 spiro atoms. The molecule has 0 saturated heterocycles. The largest absolute Gasteiger partial charge is 0.508 e. The van der Waals surface area contributed by atoms with Crippen LogP contribution in [0.25, 0.3) is 0 Å². The number of hydrogen-bond donors (Lipinski definition) is 2. The van der Waals surface area contributed by atoms with E-state index in [0.29, 0.717) is 5.75 Å². The predicted molar refractivity (Wildman–Crippen MR) is 55.8 cm³/mol. The first-order valence-electron chi connectivity index (χ1n) is 4.24. The summed E-state index contributed by atoms with van der Waals surface area (Å²) in [5.74, 6) is 0.0418. The van der Waals surface area contributed by atoms with Gasteiger partial charge in [-0.2, -0.15) is 0 Å². The maximum atomic E-state index is 10.3. The van der Waals surface area contributed by atoms with Gasteiger partial charge < -0.3 is 10.2 Å². The molecule has 1 aromatic rings. The minimum absolute atomic E-state index is 0.157. The summed E-state index contributed by atoms with van der Waals surface area (Å²) in [7, 11) is 0. The van der Waals surface area contributed by atoms with Gasteiger partial charge in [-0.3, -0.25) is 4.79 Å². The Bertz CT molecular complexity index is 336. The molecule has 0 aliphatic heterocycles. The van der Waals surface area contributed by atoms with Crippen molar-refractivity contribution in [3.8, 4) is 5.75 Å². The third kappa shape index (κ3) is 3.30. The van der Waals surface area contributed by atoms with Gasteiger partial charge >= 0.3 is 5.97 Å². The Morgan fingerprint density at radius 1 is 1.50 bits per heavy atom. The zero-order chi connectivity index (χ0) is 10.6. The molecule has 0 fully saturated rings. The third-order valence-electron chi connectivity index (χ3n) is 1.75. The summed E-state index contributed by atoms with van der Waals surface area (Å²) >= 11 is 1.48. The average molecular weight is 212 g/mol. The summed E-state index contributed by atoms with van der Waals surface area (Å²) in [4.78, 5) is 11.2. The van der Waals surface area contributed by atoms with Crippen molar-refractivity contribution in [1.29, 1.82) is 0 Å². The highest BCUT2D eigenvalue weighted by molar-refractivity contribution is 7.99. The van der Waals surface area contributed by atoms with Gasteiger partial charge in [0.2, 0.25) is 0 Å². The van der Waals surface area contributed by atoms with E-state index in [9.17, 15) is 9.90 Å². The van der Waals surface area contributed by atoms with Crippen LogP contribution in [0.4, 0.5) is 0 Å². The second-order valence-electron chi connectivity index (χ2n) is 2.94. The van der Waals surface area contributed by atoms with Gasteiger partial charge in [0, 0.05) is 10.6 Å². The molecule has 0 unspecified atom stereocenters. The Morgan fingerprint density at radius 2 is 2.21 bits per heavy atom. The number of carboxylic acid groups (broad SMARTS) is 1. The number of aryl methyl sites for hydroxylation is 1. The fourth-order valence-electron chi connectivity index (χ4n) is 0.974. The number of phenolic OH excluding ortho intramolecular Hbond substituents is 1. The molecular formula is C10H12O3S. The van der Waals surface area contributed by atoms with E-state index in [4.69, 9.17) is 5.11 Å². The molecule has 0 heterocycles. The van der Waals surface area contributed by atoms with Gasteiger partial charge in [-0.1, -0.05) is 0 Å². The molecule has 0 saturated carbocycles. The van der Waals surface area contributed by atoms with E-state index in [1.54, 1.807) is 12.1 Å². The van der Waals surface area contributed by atoms with Gasteiger partial charge in [0.25, 0.3) is 0 Å². The molecule has 0 aliphatic rings. The standard InChI is InChI=1S/C10H12O3S/c1-7-6-8(2-3-9(7)11)14-5-4-10(12)13/h2-3,6,11H,4-5H2,1H3,(H,12,13). The van der Waals surface area contributed by atoms with Crippen LogP contribution < -0.4 is 0 Å². The molecule has 76 valence electrons. The minimum atomic E-state index is -0.784. The molecule has 1 aromatic carbocycles. The van der Waals surface area contributed by atoms with Crippen LogP contribution in [0, 0.1) is 6.92 Å². The fraction of sp³-hybridized carbons (Fsp3) is 0.300. The number of hydrogen-bond acceptors (Lipinski definition) is 3. The summed E-state index contributed by atoms with van der Waals surface area (Å²) in [5, 5.41) is 17.7. The van der Waals surface area contributed by atoms with E-state index in [-0.39, 0.29) is 12.2 Å². The van der Waals surface area contributed by atoms with Gasteiger partial charge in [-0.15, -0.1) is 11.8 Å². The van der Waals surface area contributed by atoms with Gasteiger partial charge in [0.15, 0.2) is 0 Å². The molecular weight excluding hydrogens is 200 g/mol. The van der Waals surface area contributed by atoms with Crippen LogP contribution in [0.5, 0.6) is 5.75 Å². The van der Waals surface area contributed by atoms with E-state index < -0.39 is 5.97 Å². The Labute approximate surface area is 86.8 Å². The monoisotopic (exact) mass is 212 g/mol. The summed E-state index contributed by atoms with van der Waals surface area (Å²) in [6.07, 6.45) is 0.157. The number of carboxylic acids is 1. The number of thioether (sulfide) groups is 1. The lowest BCUT2D eigenvalue weighted by Crippen LogP contribution is -1.95. The lowest BCUT2D eigenvalue weighted by Gasteiger charge is -2.02. The van der Waals surface area contributed by atoms with Crippen LogP contribution in [0.15, 0.2) is 23.1 Å². The Kier molecular flexibility index (Phi) is 3.83. The number of aliphatic carboxylic acids is 1. The maximum absolute atomic E-state index is 10.3. The van der Waals surface area contributed by atoms with E-state index in [1.165, 1.54) is 11.8 Å². The van der Waals surface area contributed by atoms with Crippen LogP contribution >= 0.6 is 11.8 Å². The molecule has 2 N–H and O–H groups in total. The zero-order valence-electron chi connectivity index (χ0n) is 7.86. The summed E-state index contributed by atoms with van der Waals surface area (Å²) in [6, 6.07) is 5.26. The van der Waals surface area contributed by atoms with Crippen molar-refractivity contribution in [3.05, 3.63) is 23.8 Å². The molecule has 0 radical (unpaired) electrons. The molecule has 3 nitrogen and oxygen atoms in total. The number of benzene rings is 1. The predicted octanol–water partition coefficient (Wildman–Crippen LogP) is 2.27. The van der Waals surface area contributed by atoms with Crippen LogP contribution in [0.2, 0.25) is 0 Å². The Hall–Kier alpha value is -1.16. The molecule has 0 aromatic heterocycles. The first-order valence-corrected chi connectivity index (χ1v) is 5.22. The summed E-state index contributed by atoms with van der Waals surface area (Å²) < 4.78 is 0. The van der Waals surface area contributed by atoms with Crippen molar-refractivity contribution >= 4 is 17.7 Å². The van der Waals surface area contributed by atoms with Crippen molar-refractivity contribution in [2.45, 2.75) is 18.2 Å². The molecule has 0 amide bonds. The van der Waals surface area contributed by atoms with Crippen molar-refractivity contribution < 1.29 is 15.0 Å². The highest BCUT2D eigenvalue weighted by Crippen LogP contribution is 2.24. The molecule has 0 bridgehead atoms. The summed E-state index contributed by atoms with van der Waals surface area (Å²) in [6.45, 7) is 1.82. The molecule has 4 heteroatoms. The van der Waals surface area contributed by atoms with Crippen molar-refractivity contribution in [2.75, 3.05) is 5.75 Å². The van der Waals surface area contributed by atoms with Crippen molar-refractivity contribution in [2.24, 2.45) is 0 Å². The van der Waals surface area contributed by atoms with E-state index in [1.807, 2.05) is 13.0 Å². The first kappa shape index (κ1) is 10.9. The highest BCUT2D eigenvalue weighted by Gasteiger charge is 2.01. The van der Waals surface area contributed by atoms with E-state index >= 15 is 0 Å². The number of phenols is 1. The maximum Gasteiger partial charge on any atom is 0.304 e. The Balaban J connectivity index is 2.51. The minimum Gasteiger partial charge on any atom is -0.508 e.